The van der Waals surface area contributed by atoms with Crippen LogP contribution in [0.15, 0.2) is 36.4 Å². The first kappa shape index (κ1) is 20.2. The number of rotatable bonds is 5. The molecule has 0 radical (unpaired) electrons. The van der Waals surface area contributed by atoms with Crippen molar-refractivity contribution in [3.63, 3.8) is 0 Å². The van der Waals surface area contributed by atoms with Gasteiger partial charge in [-0.1, -0.05) is 29.8 Å². The summed E-state index contributed by atoms with van der Waals surface area (Å²) in [7, 11) is 1.43. The van der Waals surface area contributed by atoms with Crippen LogP contribution in [-0.4, -0.2) is 48.2 Å². The van der Waals surface area contributed by atoms with Gasteiger partial charge in [-0.3, -0.25) is 9.59 Å². The molecule has 7 nitrogen and oxygen atoms in total. The van der Waals surface area contributed by atoms with Gasteiger partial charge in [0.25, 0.3) is 5.91 Å². The minimum Gasteiger partial charge on any atom is -0.504 e. The van der Waals surface area contributed by atoms with E-state index in [4.69, 9.17) is 21.1 Å². The second-order valence-corrected chi connectivity index (χ2v) is 8.71. The molecule has 2 heterocycles. The highest BCUT2D eigenvalue weighted by atomic mass is 35.5. The van der Waals surface area contributed by atoms with Gasteiger partial charge < -0.3 is 24.8 Å². The van der Waals surface area contributed by atoms with Gasteiger partial charge in [0.2, 0.25) is 5.91 Å². The molecule has 2 aromatic rings. The Bertz CT molecular complexity index is 1060. The van der Waals surface area contributed by atoms with Crippen LogP contribution >= 0.6 is 11.6 Å². The van der Waals surface area contributed by atoms with Crippen LogP contribution in [0.2, 0.25) is 5.02 Å². The number of phenols is 1. The van der Waals surface area contributed by atoms with Crippen molar-refractivity contribution >= 4 is 23.4 Å². The van der Waals surface area contributed by atoms with Crippen molar-refractivity contribution in [1.29, 1.82) is 0 Å². The van der Waals surface area contributed by atoms with Crippen molar-refractivity contribution in [2.24, 2.45) is 0 Å². The molecule has 2 unspecified atom stereocenters. The smallest absolute Gasteiger partial charge is 0.259 e. The molecule has 162 valence electrons. The van der Waals surface area contributed by atoms with E-state index >= 15 is 0 Å². The zero-order valence-electron chi connectivity index (χ0n) is 17.1. The van der Waals surface area contributed by atoms with Crippen LogP contribution in [-0.2, 0) is 15.1 Å². The molecule has 2 amide bonds. The summed E-state index contributed by atoms with van der Waals surface area (Å²) < 4.78 is 10.6. The van der Waals surface area contributed by atoms with Gasteiger partial charge >= 0.3 is 0 Å². The summed E-state index contributed by atoms with van der Waals surface area (Å²) in [6, 6.07) is 9.71. The molecule has 1 saturated heterocycles. The fraction of sp³-hybridized carbons (Fsp3) is 0.391. The standard InChI is InChI=1S/C23H23ClN2O5/c1-30-17-6-5-16-18(20(17)27)22(29)26(19(16)21(28)25-15-7-10-31-12-15)23(8-9-23)13-3-2-4-14(24)11-13/h2-6,11,15,19,27H,7-10,12H2,1H3,(H,25,28). The number of nitrogens with one attached hydrogen (secondary N) is 1. The molecule has 5 rings (SSSR count). The van der Waals surface area contributed by atoms with Gasteiger partial charge in [-0.25, -0.2) is 0 Å². The zero-order valence-corrected chi connectivity index (χ0v) is 17.8. The number of hydrogen-bond donors (Lipinski definition) is 2. The number of phenolic OH excluding ortho intramolecular Hbond substituents is 1. The summed E-state index contributed by atoms with van der Waals surface area (Å²) >= 11 is 6.23. The van der Waals surface area contributed by atoms with Crippen molar-refractivity contribution in [2.75, 3.05) is 20.3 Å². The number of ether oxygens (including phenoxy) is 2. The maximum absolute atomic E-state index is 13.7. The molecule has 1 saturated carbocycles. The normalized spacial score (nSPS) is 23.5. The van der Waals surface area contributed by atoms with Crippen molar-refractivity contribution in [3.05, 3.63) is 58.1 Å². The third-order valence-corrected chi connectivity index (χ3v) is 6.68. The van der Waals surface area contributed by atoms with Crippen molar-refractivity contribution < 1.29 is 24.2 Å². The van der Waals surface area contributed by atoms with E-state index in [2.05, 4.69) is 5.32 Å². The van der Waals surface area contributed by atoms with Crippen LogP contribution in [0, 0.1) is 0 Å². The van der Waals surface area contributed by atoms with E-state index in [1.807, 2.05) is 18.2 Å². The predicted molar refractivity (Wildman–Crippen MR) is 113 cm³/mol. The first-order chi connectivity index (χ1) is 15.0. The fourth-order valence-corrected chi connectivity index (χ4v) is 4.97. The molecular weight excluding hydrogens is 420 g/mol. The molecule has 2 N–H and O–H groups in total. The summed E-state index contributed by atoms with van der Waals surface area (Å²) in [6.45, 7) is 1.05. The largest absolute Gasteiger partial charge is 0.504 e. The average Bonchev–Trinajstić information content (AvgIpc) is 3.27. The van der Waals surface area contributed by atoms with E-state index in [9.17, 15) is 14.7 Å². The Hall–Kier alpha value is -2.77. The summed E-state index contributed by atoms with van der Waals surface area (Å²) in [5, 5.41) is 14.3. The lowest BCUT2D eigenvalue weighted by atomic mass is 9.99. The number of carbonyl (C=O) groups excluding carboxylic acids is 2. The van der Waals surface area contributed by atoms with Gasteiger partial charge in [0.1, 0.15) is 6.04 Å². The van der Waals surface area contributed by atoms with Gasteiger partial charge in [-0.2, -0.15) is 0 Å². The van der Waals surface area contributed by atoms with E-state index < -0.39 is 11.6 Å². The first-order valence-electron chi connectivity index (χ1n) is 10.3. The molecule has 0 spiro atoms. The molecule has 3 aliphatic rings. The highest BCUT2D eigenvalue weighted by molar-refractivity contribution is 6.30. The second kappa shape index (κ2) is 7.43. The molecular formula is C23H23ClN2O5. The van der Waals surface area contributed by atoms with Gasteiger partial charge in [0.05, 0.1) is 30.9 Å². The number of amides is 2. The lowest BCUT2D eigenvalue weighted by Crippen LogP contribution is -2.47. The second-order valence-electron chi connectivity index (χ2n) is 8.27. The van der Waals surface area contributed by atoms with Crippen LogP contribution in [0.1, 0.15) is 46.8 Å². The Labute approximate surface area is 184 Å². The fourth-order valence-electron chi connectivity index (χ4n) is 4.78. The van der Waals surface area contributed by atoms with E-state index in [-0.39, 0.29) is 34.9 Å². The maximum atomic E-state index is 13.7. The monoisotopic (exact) mass is 442 g/mol. The number of hydrogen-bond acceptors (Lipinski definition) is 5. The van der Waals surface area contributed by atoms with Gasteiger partial charge in [0, 0.05) is 17.2 Å². The summed E-state index contributed by atoms with van der Waals surface area (Å²) in [5.74, 6) is -0.700. The Morgan fingerprint density at radius 2 is 2.13 bits per heavy atom. The zero-order chi connectivity index (χ0) is 21.8. The molecule has 2 aliphatic heterocycles. The van der Waals surface area contributed by atoms with E-state index in [0.717, 1.165) is 12.0 Å². The number of methoxy groups -OCH3 is 1. The minimum atomic E-state index is -0.860. The number of fused-ring (bicyclic) bond motifs is 1. The van der Waals surface area contributed by atoms with Gasteiger partial charge in [-0.15, -0.1) is 0 Å². The number of carbonyl (C=O) groups is 2. The summed E-state index contributed by atoms with van der Waals surface area (Å²) in [6.07, 6.45) is 2.15. The quantitative estimate of drug-likeness (QED) is 0.742. The SMILES string of the molecule is COc1ccc2c(c1O)C(=O)N(C1(c3cccc(Cl)c3)CC1)C2C(=O)NC1CCOC1. The highest BCUT2D eigenvalue weighted by Gasteiger charge is 2.59. The maximum Gasteiger partial charge on any atom is 0.259 e. The van der Waals surface area contributed by atoms with Crippen molar-refractivity contribution in [2.45, 2.75) is 36.9 Å². The number of halogens is 1. The van der Waals surface area contributed by atoms with E-state index in [0.29, 0.717) is 36.6 Å². The highest BCUT2D eigenvalue weighted by Crippen LogP contribution is 2.58. The van der Waals surface area contributed by atoms with Crippen LogP contribution in [0.25, 0.3) is 0 Å². The Kier molecular flexibility index (Phi) is 4.83. The third kappa shape index (κ3) is 3.15. The number of benzene rings is 2. The Morgan fingerprint density at radius 3 is 2.77 bits per heavy atom. The van der Waals surface area contributed by atoms with Crippen LogP contribution in [0.4, 0.5) is 0 Å². The Morgan fingerprint density at radius 1 is 1.32 bits per heavy atom. The summed E-state index contributed by atoms with van der Waals surface area (Å²) in [4.78, 5) is 28.7. The van der Waals surface area contributed by atoms with Crippen molar-refractivity contribution in [3.8, 4) is 11.5 Å². The Balaban J connectivity index is 1.61. The molecule has 2 aromatic carbocycles. The minimum absolute atomic E-state index is 0.0957. The lowest BCUT2D eigenvalue weighted by molar-refractivity contribution is -0.127. The van der Waals surface area contributed by atoms with E-state index in [1.165, 1.54) is 7.11 Å². The summed E-state index contributed by atoms with van der Waals surface area (Å²) in [5.41, 5.74) is 0.840. The first-order valence-corrected chi connectivity index (χ1v) is 10.7. The van der Waals surface area contributed by atoms with Crippen LogP contribution in [0.3, 0.4) is 0 Å². The topological polar surface area (TPSA) is 88.1 Å². The molecule has 2 atom stereocenters. The lowest BCUT2D eigenvalue weighted by Gasteiger charge is -2.34. The molecule has 0 aromatic heterocycles. The number of aromatic hydroxyl groups is 1. The molecule has 2 fully saturated rings. The molecule has 31 heavy (non-hydrogen) atoms. The molecule has 1 aliphatic carbocycles. The van der Waals surface area contributed by atoms with Gasteiger partial charge in [0.15, 0.2) is 11.5 Å². The molecule has 8 heteroatoms. The molecule has 0 bridgehead atoms. The van der Waals surface area contributed by atoms with Gasteiger partial charge in [-0.05, 0) is 43.0 Å². The predicted octanol–water partition coefficient (Wildman–Crippen LogP) is 3.15. The van der Waals surface area contributed by atoms with Crippen LogP contribution < -0.4 is 10.1 Å². The van der Waals surface area contributed by atoms with Crippen LogP contribution in [0.5, 0.6) is 11.5 Å². The third-order valence-electron chi connectivity index (χ3n) is 6.45. The average molecular weight is 443 g/mol. The van der Waals surface area contributed by atoms with Crippen molar-refractivity contribution in [1.82, 2.24) is 10.2 Å². The van der Waals surface area contributed by atoms with E-state index in [1.54, 1.807) is 23.1 Å². The number of nitrogens with zero attached hydrogens (tertiary/aromatic N) is 1.